The van der Waals surface area contributed by atoms with Gasteiger partial charge in [-0.1, -0.05) is 0 Å². The van der Waals surface area contributed by atoms with Gasteiger partial charge < -0.3 is 10.7 Å². The third-order valence-corrected chi connectivity index (χ3v) is 1.24. The SMILES string of the molecule is NC(=O)N(O)Cc1ccc[nH]1. The van der Waals surface area contributed by atoms with Crippen molar-refractivity contribution in [2.24, 2.45) is 5.73 Å². The Kier molecular flexibility index (Phi) is 2.12. The van der Waals surface area contributed by atoms with E-state index in [0.29, 0.717) is 5.06 Å². The molecule has 5 nitrogen and oxygen atoms in total. The van der Waals surface area contributed by atoms with Gasteiger partial charge in [-0.2, -0.15) is 0 Å². The van der Waals surface area contributed by atoms with E-state index in [9.17, 15) is 4.79 Å². The number of H-pyrrole nitrogens is 1. The fourth-order valence-electron chi connectivity index (χ4n) is 0.705. The number of urea groups is 1. The molecule has 11 heavy (non-hydrogen) atoms. The first-order chi connectivity index (χ1) is 5.20. The van der Waals surface area contributed by atoms with E-state index < -0.39 is 6.03 Å². The summed E-state index contributed by atoms with van der Waals surface area (Å²) < 4.78 is 0. The van der Waals surface area contributed by atoms with Crippen molar-refractivity contribution in [3.8, 4) is 0 Å². The summed E-state index contributed by atoms with van der Waals surface area (Å²) >= 11 is 0. The third kappa shape index (κ3) is 1.98. The zero-order valence-corrected chi connectivity index (χ0v) is 5.82. The number of aromatic amines is 1. The molecular formula is C6H9N3O2. The first-order valence-corrected chi connectivity index (χ1v) is 3.08. The lowest BCUT2D eigenvalue weighted by Crippen LogP contribution is -2.32. The van der Waals surface area contributed by atoms with E-state index >= 15 is 0 Å². The van der Waals surface area contributed by atoms with Gasteiger partial charge in [-0.05, 0) is 12.1 Å². The van der Waals surface area contributed by atoms with Crippen molar-refractivity contribution in [3.63, 3.8) is 0 Å². The van der Waals surface area contributed by atoms with E-state index in [1.807, 2.05) is 0 Å². The van der Waals surface area contributed by atoms with Gasteiger partial charge in [-0.25, -0.2) is 9.86 Å². The number of hydrogen-bond donors (Lipinski definition) is 3. The second kappa shape index (κ2) is 3.07. The van der Waals surface area contributed by atoms with Gasteiger partial charge in [0.1, 0.15) is 0 Å². The minimum absolute atomic E-state index is 0.0856. The lowest BCUT2D eigenvalue weighted by Gasteiger charge is -2.09. The molecule has 1 rings (SSSR count). The Balaban J connectivity index is 2.50. The highest BCUT2D eigenvalue weighted by Crippen LogP contribution is 1.97. The molecule has 4 N–H and O–H groups in total. The number of carbonyl (C=O) groups excluding carboxylic acids is 1. The highest BCUT2D eigenvalue weighted by Gasteiger charge is 2.05. The van der Waals surface area contributed by atoms with Crippen LogP contribution in [0, 0.1) is 0 Å². The van der Waals surface area contributed by atoms with Crippen LogP contribution in [0.1, 0.15) is 5.69 Å². The molecule has 0 unspecified atom stereocenters. The summed E-state index contributed by atoms with van der Waals surface area (Å²) in [5.74, 6) is 0. The van der Waals surface area contributed by atoms with Crippen LogP contribution in [-0.2, 0) is 6.54 Å². The van der Waals surface area contributed by atoms with Gasteiger partial charge in [0.25, 0.3) is 0 Å². The Morgan fingerprint density at radius 1 is 1.82 bits per heavy atom. The summed E-state index contributed by atoms with van der Waals surface area (Å²) in [6.45, 7) is 0.0856. The molecule has 1 aromatic heterocycles. The van der Waals surface area contributed by atoms with Crippen molar-refractivity contribution in [1.29, 1.82) is 0 Å². The quantitative estimate of drug-likeness (QED) is 0.423. The molecule has 0 fully saturated rings. The monoisotopic (exact) mass is 155 g/mol. The van der Waals surface area contributed by atoms with Gasteiger partial charge in [0, 0.05) is 11.9 Å². The fraction of sp³-hybridized carbons (Fsp3) is 0.167. The molecule has 1 aromatic rings. The summed E-state index contributed by atoms with van der Waals surface area (Å²) in [5.41, 5.74) is 5.50. The normalized spacial score (nSPS) is 9.55. The molecule has 1 heterocycles. The second-order valence-electron chi connectivity index (χ2n) is 2.09. The zero-order chi connectivity index (χ0) is 8.27. The summed E-state index contributed by atoms with van der Waals surface area (Å²) in [5, 5.41) is 9.27. The summed E-state index contributed by atoms with van der Waals surface area (Å²) in [6, 6.07) is 2.65. The fourth-order valence-corrected chi connectivity index (χ4v) is 0.705. The number of nitrogens with zero attached hydrogens (tertiary/aromatic N) is 1. The van der Waals surface area contributed by atoms with Crippen LogP contribution in [0.4, 0.5) is 4.79 Å². The van der Waals surface area contributed by atoms with Gasteiger partial charge in [0.05, 0.1) is 6.54 Å². The molecule has 60 valence electrons. The van der Waals surface area contributed by atoms with Crippen LogP contribution in [-0.4, -0.2) is 21.3 Å². The van der Waals surface area contributed by atoms with Crippen molar-refractivity contribution in [1.82, 2.24) is 10.0 Å². The second-order valence-corrected chi connectivity index (χ2v) is 2.09. The number of amides is 2. The smallest absolute Gasteiger partial charge is 0.338 e. The molecule has 0 spiro atoms. The number of aromatic nitrogens is 1. The van der Waals surface area contributed by atoms with Crippen molar-refractivity contribution >= 4 is 6.03 Å². The highest BCUT2D eigenvalue weighted by molar-refractivity contribution is 5.70. The van der Waals surface area contributed by atoms with Crippen LogP contribution in [0.25, 0.3) is 0 Å². The number of nitrogens with one attached hydrogen (secondary N) is 1. The minimum Gasteiger partial charge on any atom is -0.363 e. The van der Waals surface area contributed by atoms with Gasteiger partial charge in [0.15, 0.2) is 0 Å². The number of nitrogens with two attached hydrogens (primary N) is 1. The largest absolute Gasteiger partial charge is 0.363 e. The molecule has 0 radical (unpaired) electrons. The molecular weight excluding hydrogens is 146 g/mol. The third-order valence-electron chi connectivity index (χ3n) is 1.24. The molecule has 0 aliphatic heterocycles. The van der Waals surface area contributed by atoms with Crippen molar-refractivity contribution in [3.05, 3.63) is 24.0 Å². The molecule has 5 heteroatoms. The van der Waals surface area contributed by atoms with Crippen molar-refractivity contribution in [2.45, 2.75) is 6.54 Å². The number of hydroxylamine groups is 2. The molecule has 0 bridgehead atoms. The van der Waals surface area contributed by atoms with Gasteiger partial charge >= 0.3 is 6.03 Å². The van der Waals surface area contributed by atoms with Crippen LogP contribution in [0.15, 0.2) is 18.3 Å². The lowest BCUT2D eigenvalue weighted by molar-refractivity contribution is -0.0478. The lowest BCUT2D eigenvalue weighted by atomic mass is 10.4. The van der Waals surface area contributed by atoms with E-state index in [1.165, 1.54) is 0 Å². The van der Waals surface area contributed by atoms with E-state index in [2.05, 4.69) is 4.98 Å². The van der Waals surface area contributed by atoms with E-state index in [4.69, 9.17) is 10.9 Å². The topological polar surface area (TPSA) is 82.3 Å². The van der Waals surface area contributed by atoms with Crippen molar-refractivity contribution in [2.75, 3.05) is 0 Å². The van der Waals surface area contributed by atoms with Crippen LogP contribution < -0.4 is 5.73 Å². The summed E-state index contributed by atoms with van der Waals surface area (Å²) in [6.07, 6.45) is 1.70. The average Bonchev–Trinajstić information content (AvgIpc) is 2.39. The van der Waals surface area contributed by atoms with Crippen LogP contribution in [0.2, 0.25) is 0 Å². The summed E-state index contributed by atoms with van der Waals surface area (Å²) in [4.78, 5) is 13.1. The van der Waals surface area contributed by atoms with Gasteiger partial charge in [-0.15, -0.1) is 0 Å². The molecule has 0 aliphatic carbocycles. The van der Waals surface area contributed by atoms with E-state index in [0.717, 1.165) is 5.69 Å². The van der Waals surface area contributed by atoms with Crippen LogP contribution in [0.5, 0.6) is 0 Å². The molecule has 0 aliphatic rings. The first-order valence-electron chi connectivity index (χ1n) is 3.08. The predicted octanol–water partition coefficient (Wildman–Crippen LogP) is 0.285. The highest BCUT2D eigenvalue weighted by atomic mass is 16.5. The molecule has 0 saturated carbocycles. The van der Waals surface area contributed by atoms with Crippen LogP contribution in [0.3, 0.4) is 0 Å². The summed E-state index contributed by atoms with van der Waals surface area (Å²) in [7, 11) is 0. The van der Waals surface area contributed by atoms with Gasteiger partial charge in [-0.3, -0.25) is 5.21 Å². The Morgan fingerprint density at radius 3 is 3.00 bits per heavy atom. The number of hydrogen-bond acceptors (Lipinski definition) is 2. The van der Waals surface area contributed by atoms with E-state index in [1.54, 1.807) is 18.3 Å². The number of carbonyl (C=O) groups is 1. The van der Waals surface area contributed by atoms with Crippen molar-refractivity contribution < 1.29 is 10.0 Å². The molecule has 0 saturated heterocycles. The standard InChI is InChI=1S/C6H9N3O2/c7-6(10)9(11)4-5-2-1-3-8-5/h1-3,8,11H,4H2,(H2,7,10). The Hall–Kier alpha value is -1.49. The van der Waals surface area contributed by atoms with E-state index in [-0.39, 0.29) is 6.54 Å². The number of primary amides is 1. The molecule has 0 aromatic carbocycles. The Bertz CT molecular complexity index is 232. The predicted molar refractivity (Wildman–Crippen MR) is 37.7 cm³/mol. The molecule has 0 atom stereocenters. The zero-order valence-electron chi connectivity index (χ0n) is 5.82. The number of rotatable bonds is 2. The maximum atomic E-state index is 10.3. The van der Waals surface area contributed by atoms with Crippen LogP contribution >= 0.6 is 0 Å². The maximum Gasteiger partial charge on any atom is 0.338 e. The Labute approximate surface area is 63.4 Å². The maximum absolute atomic E-state index is 10.3. The Morgan fingerprint density at radius 2 is 2.55 bits per heavy atom. The first kappa shape index (κ1) is 7.62. The average molecular weight is 155 g/mol. The van der Waals surface area contributed by atoms with Gasteiger partial charge in [0.2, 0.25) is 0 Å². The molecule has 2 amide bonds. The minimum atomic E-state index is -0.861.